The summed E-state index contributed by atoms with van der Waals surface area (Å²) in [7, 11) is 1.97. The van der Waals surface area contributed by atoms with Crippen LogP contribution in [-0.4, -0.2) is 39.5 Å². The van der Waals surface area contributed by atoms with Gasteiger partial charge >= 0.3 is 0 Å². The van der Waals surface area contributed by atoms with E-state index in [0.717, 1.165) is 31.6 Å². The van der Waals surface area contributed by atoms with Gasteiger partial charge in [-0.05, 0) is 18.4 Å². The van der Waals surface area contributed by atoms with Crippen molar-refractivity contribution in [1.29, 1.82) is 0 Å². The highest BCUT2D eigenvalue weighted by atomic mass is 16.2. The highest BCUT2D eigenvalue weighted by Crippen LogP contribution is 2.15. The van der Waals surface area contributed by atoms with Crippen molar-refractivity contribution in [3.63, 3.8) is 0 Å². The first-order chi connectivity index (χ1) is 10.7. The molecule has 3 rings (SSSR count). The van der Waals surface area contributed by atoms with Crippen LogP contribution in [0.25, 0.3) is 0 Å². The third-order valence-corrected chi connectivity index (χ3v) is 4.06. The fourth-order valence-corrected chi connectivity index (χ4v) is 2.94. The second kappa shape index (κ2) is 6.75. The normalized spacial score (nSPS) is 19.7. The van der Waals surface area contributed by atoms with Gasteiger partial charge in [-0.25, -0.2) is 4.98 Å². The first-order valence-electron chi connectivity index (χ1n) is 7.75. The standard InChI is InChI=1S/C17H22N4O/c1-20-11-15(19-13-20)12-21-9-5-8-18-17(22)16(21)10-14-6-3-2-4-7-14/h2-4,6-7,11,13,16H,5,8-10,12H2,1H3,(H,18,22). The Balaban J connectivity index is 1.78. The van der Waals surface area contributed by atoms with E-state index in [1.165, 1.54) is 5.56 Å². The molecule has 1 fully saturated rings. The van der Waals surface area contributed by atoms with Gasteiger partial charge in [-0.2, -0.15) is 0 Å². The molecule has 5 nitrogen and oxygen atoms in total. The quantitative estimate of drug-likeness (QED) is 0.927. The zero-order valence-corrected chi connectivity index (χ0v) is 12.9. The Bertz CT molecular complexity index is 623. The molecule has 2 heterocycles. The Kier molecular flexibility index (Phi) is 4.53. The molecule has 1 amide bonds. The van der Waals surface area contributed by atoms with E-state index in [2.05, 4.69) is 27.3 Å². The minimum absolute atomic E-state index is 0.122. The topological polar surface area (TPSA) is 50.2 Å². The van der Waals surface area contributed by atoms with Crippen LogP contribution in [0.4, 0.5) is 0 Å². The SMILES string of the molecule is Cn1cnc(CN2CCCNC(=O)C2Cc2ccccc2)c1. The molecule has 116 valence electrons. The highest BCUT2D eigenvalue weighted by molar-refractivity contribution is 5.82. The average Bonchev–Trinajstić information content (AvgIpc) is 2.86. The van der Waals surface area contributed by atoms with Crippen molar-refractivity contribution < 1.29 is 4.79 Å². The molecule has 0 aliphatic carbocycles. The van der Waals surface area contributed by atoms with Gasteiger partial charge in [-0.3, -0.25) is 9.69 Å². The summed E-state index contributed by atoms with van der Waals surface area (Å²) in [5.41, 5.74) is 2.20. The predicted molar refractivity (Wildman–Crippen MR) is 85.2 cm³/mol. The van der Waals surface area contributed by atoms with Gasteiger partial charge in [0.25, 0.3) is 0 Å². The smallest absolute Gasteiger partial charge is 0.237 e. The van der Waals surface area contributed by atoms with Crippen molar-refractivity contribution in [2.24, 2.45) is 7.05 Å². The number of aromatic nitrogens is 2. The number of nitrogens with one attached hydrogen (secondary N) is 1. The maximum atomic E-state index is 12.4. The highest BCUT2D eigenvalue weighted by Gasteiger charge is 2.28. The molecule has 1 saturated heterocycles. The summed E-state index contributed by atoms with van der Waals surface area (Å²) in [5, 5.41) is 3.03. The van der Waals surface area contributed by atoms with Crippen molar-refractivity contribution in [3.05, 3.63) is 54.1 Å². The van der Waals surface area contributed by atoms with Crippen molar-refractivity contribution in [3.8, 4) is 0 Å². The molecule has 22 heavy (non-hydrogen) atoms. The van der Waals surface area contributed by atoms with Crippen LogP contribution in [0.2, 0.25) is 0 Å². The van der Waals surface area contributed by atoms with Gasteiger partial charge in [0.15, 0.2) is 0 Å². The van der Waals surface area contributed by atoms with Crippen LogP contribution < -0.4 is 5.32 Å². The van der Waals surface area contributed by atoms with Crippen molar-refractivity contribution >= 4 is 5.91 Å². The van der Waals surface area contributed by atoms with E-state index in [9.17, 15) is 4.79 Å². The maximum Gasteiger partial charge on any atom is 0.237 e. The Labute approximate surface area is 131 Å². The Morgan fingerprint density at radius 1 is 1.32 bits per heavy atom. The molecule has 0 radical (unpaired) electrons. The molecular formula is C17H22N4O. The molecule has 0 saturated carbocycles. The van der Waals surface area contributed by atoms with Gasteiger partial charge in [0.1, 0.15) is 0 Å². The summed E-state index contributed by atoms with van der Waals surface area (Å²) in [6.45, 7) is 2.38. The minimum atomic E-state index is -0.132. The second-order valence-corrected chi connectivity index (χ2v) is 5.85. The molecule has 0 bridgehead atoms. The predicted octanol–water partition coefficient (Wildman–Crippen LogP) is 1.35. The summed E-state index contributed by atoms with van der Waals surface area (Å²) in [5.74, 6) is 0.122. The van der Waals surface area contributed by atoms with Crippen LogP contribution in [0.5, 0.6) is 0 Å². The van der Waals surface area contributed by atoms with Crippen molar-refractivity contribution in [1.82, 2.24) is 19.8 Å². The van der Waals surface area contributed by atoms with E-state index in [1.54, 1.807) is 6.33 Å². The van der Waals surface area contributed by atoms with Crippen LogP contribution in [0.1, 0.15) is 17.7 Å². The molecule has 1 aromatic heterocycles. The molecule has 1 atom stereocenters. The Morgan fingerprint density at radius 3 is 2.86 bits per heavy atom. The Hall–Kier alpha value is -2.14. The maximum absolute atomic E-state index is 12.4. The van der Waals surface area contributed by atoms with E-state index >= 15 is 0 Å². The minimum Gasteiger partial charge on any atom is -0.355 e. The first kappa shape index (κ1) is 14.8. The summed E-state index contributed by atoms with van der Waals surface area (Å²) in [6.07, 6.45) is 5.53. The zero-order valence-electron chi connectivity index (χ0n) is 12.9. The lowest BCUT2D eigenvalue weighted by Crippen LogP contribution is -2.45. The number of hydrogen-bond acceptors (Lipinski definition) is 3. The molecule has 5 heteroatoms. The van der Waals surface area contributed by atoms with Crippen LogP contribution in [0.15, 0.2) is 42.9 Å². The van der Waals surface area contributed by atoms with E-state index < -0.39 is 0 Å². The molecule has 1 aromatic carbocycles. The number of carbonyl (C=O) groups excluding carboxylic acids is 1. The summed E-state index contributed by atoms with van der Waals surface area (Å²) in [4.78, 5) is 19.1. The largest absolute Gasteiger partial charge is 0.355 e. The molecule has 2 aromatic rings. The van der Waals surface area contributed by atoms with Gasteiger partial charge in [-0.1, -0.05) is 30.3 Å². The van der Waals surface area contributed by atoms with E-state index in [-0.39, 0.29) is 11.9 Å². The summed E-state index contributed by atoms with van der Waals surface area (Å²) >= 11 is 0. The lowest BCUT2D eigenvalue weighted by Gasteiger charge is -2.27. The Morgan fingerprint density at radius 2 is 2.14 bits per heavy atom. The molecule has 1 N–H and O–H groups in total. The van der Waals surface area contributed by atoms with Crippen molar-refractivity contribution in [2.45, 2.75) is 25.4 Å². The third kappa shape index (κ3) is 3.54. The number of imidazole rings is 1. The van der Waals surface area contributed by atoms with Crippen LogP contribution >= 0.6 is 0 Å². The van der Waals surface area contributed by atoms with Gasteiger partial charge < -0.3 is 9.88 Å². The fourth-order valence-electron chi connectivity index (χ4n) is 2.94. The average molecular weight is 298 g/mol. The van der Waals surface area contributed by atoms with Gasteiger partial charge in [0, 0.05) is 32.9 Å². The van der Waals surface area contributed by atoms with Gasteiger partial charge in [-0.15, -0.1) is 0 Å². The number of hydrogen-bond donors (Lipinski definition) is 1. The van der Waals surface area contributed by atoms with Crippen LogP contribution in [0.3, 0.4) is 0 Å². The number of benzene rings is 1. The number of carbonyl (C=O) groups is 1. The second-order valence-electron chi connectivity index (χ2n) is 5.85. The number of rotatable bonds is 4. The first-order valence-corrected chi connectivity index (χ1v) is 7.75. The van der Waals surface area contributed by atoms with E-state index in [4.69, 9.17) is 0 Å². The lowest BCUT2D eigenvalue weighted by molar-refractivity contribution is -0.125. The molecule has 1 unspecified atom stereocenters. The summed E-state index contributed by atoms with van der Waals surface area (Å²) < 4.78 is 1.94. The lowest BCUT2D eigenvalue weighted by atomic mass is 10.0. The number of amides is 1. The zero-order chi connectivity index (χ0) is 15.4. The fraction of sp³-hybridized carbons (Fsp3) is 0.412. The number of aryl methyl sites for hydroxylation is 1. The third-order valence-electron chi connectivity index (χ3n) is 4.06. The van der Waals surface area contributed by atoms with Crippen LogP contribution in [0, 0.1) is 0 Å². The van der Waals surface area contributed by atoms with E-state index in [0.29, 0.717) is 6.54 Å². The van der Waals surface area contributed by atoms with Gasteiger partial charge in [0.05, 0.1) is 18.1 Å². The van der Waals surface area contributed by atoms with Crippen molar-refractivity contribution in [2.75, 3.05) is 13.1 Å². The monoisotopic (exact) mass is 298 g/mol. The van der Waals surface area contributed by atoms with Gasteiger partial charge in [0.2, 0.25) is 5.91 Å². The molecule has 1 aliphatic rings. The van der Waals surface area contributed by atoms with E-state index in [1.807, 2.05) is 36.0 Å². The van der Waals surface area contributed by atoms with Crippen LogP contribution in [-0.2, 0) is 24.8 Å². The number of nitrogens with zero attached hydrogens (tertiary/aromatic N) is 3. The summed E-state index contributed by atoms with van der Waals surface area (Å²) in [6, 6.07) is 10.1. The molecule has 0 spiro atoms. The molecular weight excluding hydrogens is 276 g/mol. The molecule has 1 aliphatic heterocycles.